The van der Waals surface area contributed by atoms with Crippen LogP contribution in [0.4, 0.5) is 0 Å². The number of aromatic nitrogens is 3. The molecule has 2 aromatic rings. The van der Waals surface area contributed by atoms with Crippen molar-refractivity contribution in [3.8, 4) is 0 Å². The van der Waals surface area contributed by atoms with Gasteiger partial charge < -0.3 is 4.90 Å². The molecule has 0 bridgehead atoms. The lowest BCUT2D eigenvalue weighted by molar-refractivity contribution is 0.0625. The van der Waals surface area contributed by atoms with Crippen molar-refractivity contribution >= 4 is 17.7 Å². The number of rotatable bonds is 4. The van der Waals surface area contributed by atoms with E-state index in [9.17, 15) is 4.79 Å². The molecule has 1 aromatic carbocycles. The third kappa shape index (κ3) is 4.35. The summed E-state index contributed by atoms with van der Waals surface area (Å²) in [5, 5.41) is 8.30. The fraction of sp³-hybridized carbons (Fsp3) is 0.550. The lowest BCUT2D eigenvalue weighted by atomic mass is 10.0. The Balaban J connectivity index is 1.34. The van der Waals surface area contributed by atoms with Gasteiger partial charge in [0.25, 0.3) is 5.91 Å². The Morgan fingerprint density at radius 1 is 1.15 bits per heavy atom. The van der Waals surface area contributed by atoms with Crippen LogP contribution in [0.15, 0.2) is 30.5 Å². The summed E-state index contributed by atoms with van der Waals surface area (Å²) in [6, 6.07) is 8.86. The van der Waals surface area contributed by atoms with Gasteiger partial charge in [-0.15, -0.1) is 5.10 Å². The molecule has 2 aliphatic heterocycles. The predicted molar refractivity (Wildman–Crippen MR) is 108 cm³/mol. The van der Waals surface area contributed by atoms with Crippen LogP contribution in [-0.2, 0) is 6.54 Å². The van der Waals surface area contributed by atoms with Gasteiger partial charge in [0.05, 0.1) is 12.7 Å². The van der Waals surface area contributed by atoms with E-state index in [1.165, 1.54) is 35.7 Å². The standard InChI is InChI=1S/C20H27N5OS/c1-16-4-2-3-5-17(16)14-25-15-19(21-22-25)20(26)24-8-6-18(7-9-24)23-10-12-27-13-11-23/h2-5,15,18H,6-14H2,1H3. The smallest absolute Gasteiger partial charge is 0.276 e. The van der Waals surface area contributed by atoms with E-state index in [1.54, 1.807) is 10.9 Å². The first-order valence-electron chi connectivity index (χ1n) is 9.76. The second-order valence-corrected chi connectivity index (χ2v) is 8.62. The molecule has 27 heavy (non-hydrogen) atoms. The maximum atomic E-state index is 12.8. The molecular formula is C20H27N5OS. The highest BCUT2D eigenvalue weighted by Crippen LogP contribution is 2.21. The van der Waals surface area contributed by atoms with E-state index in [1.807, 2.05) is 28.8 Å². The lowest BCUT2D eigenvalue weighted by Gasteiger charge is -2.39. The van der Waals surface area contributed by atoms with Gasteiger partial charge in [0.2, 0.25) is 0 Å². The molecule has 2 fully saturated rings. The molecule has 0 spiro atoms. The van der Waals surface area contributed by atoms with E-state index in [2.05, 4.69) is 34.3 Å². The van der Waals surface area contributed by atoms with E-state index in [0.717, 1.165) is 25.9 Å². The molecule has 0 aliphatic carbocycles. The molecule has 1 amide bonds. The van der Waals surface area contributed by atoms with Crippen LogP contribution in [-0.4, -0.2) is 74.4 Å². The number of thioether (sulfide) groups is 1. The summed E-state index contributed by atoms with van der Waals surface area (Å²) in [5.41, 5.74) is 2.87. The number of aryl methyl sites for hydroxylation is 1. The number of amides is 1. The zero-order valence-electron chi connectivity index (χ0n) is 15.9. The maximum Gasteiger partial charge on any atom is 0.276 e. The summed E-state index contributed by atoms with van der Waals surface area (Å²) >= 11 is 2.05. The zero-order valence-corrected chi connectivity index (χ0v) is 16.7. The molecule has 3 heterocycles. The summed E-state index contributed by atoms with van der Waals surface area (Å²) < 4.78 is 1.76. The van der Waals surface area contributed by atoms with Crippen LogP contribution in [0.1, 0.15) is 34.5 Å². The Morgan fingerprint density at radius 3 is 2.63 bits per heavy atom. The summed E-state index contributed by atoms with van der Waals surface area (Å²) in [4.78, 5) is 17.4. The lowest BCUT2D eigenvalue weighted by Crippen LogP contribution is -2.49. The van der Waals surface area contributed by atoms with Gasteiger partial charge in [0.1, 0.15) is 0 Å². The predicted octanol–water partition coefficient (Wildman–Crippen LogP) is 2.29. The number of carbonyl (C=O) groups excluding carboxylic acids is 1. The van der Waals surface area contributed by atoms with E-state index in [4.69, 9.17) is 0 Å². The van der Waals surface area contributed by atoms with Gasteiger partial charge in [-0.25, -0.2) is 4.68 Å². The quantitative estimate of drug-likeness (QED) is 0.808. The van der Waals surface area contributed by atoms with E-state index < -0.39 is 0 Å². The van der Waals surface area contributed by atoms with Crippen molar-refractivity contribution in [2.75, 3.05) is 37.7 Å². The molecule has 2 saturated heterocycles. The van der Waals surface area contributed by atoms with Gasteiger partial charge in [-0.1, -0.05) is 29.5 Å². The van der Waals surface area contributed by atoms with Crippen LogP contribution in [0, 0.1) is 6.92 Å². The molecule has 144 valence electrons. The minimum atomic E-state index is 0.0127. The average molecular weight is 386 g/mol. The van der Waals surface area contributed by atoms with E-state index >= 15 is 0 Å². The van der Waals surface area contributed by atoms with Crippen LogP contribution >= 0.6 is 11.8 Å². The summed E-state index contributed by atoms with van der Waals surface area (Å²) in [6.07, 6.45) is 3.91. The van der Waals surface area contributed by atoms with Crippen molar-refractivity contribution in [3.63, 3.8) is 0 Å². The third-order valence-corrected chi connectivity index (χ3v) is 6.61. The molecule has 0 radical (unpaired) electrons. The van der Waals surface area contributed by atoms with E-state index in [0.29, 0.717) is 18.3 Å². The fourth-order valence-corrected chi connectivity index (χ4v) is 4.91. The first-order chi connectivity index (χ1) is 13.2. The number of hydrogen-bond donors (Lipinski definition) is 0. The number of nitrogens with zero attached hydrogens (tertiary/aromatic N) is 5. The van der Waals surface area contributed by atoms with Gasteiger partial charge >= 0.3 is 0 Å². The number of carbonyl (C=O) groups is 1. The van der Waals surface area contributed by atoms with Crippen molar-refractivity contribution in [2.24, 2.45) is 0 Å². The second-order valence-electron chi connectivity index (χ2n) is 7.40. The van der Waals surface area contributed by atoms with Gasteiger partial charge in [0, 0.05) is 43.7 Å². The normalized spacial score (nSPS) is 19.4. The minimum absolute atomic E-state index is 0.0127. The zero-order chi connectivity index (χ0) is 18.6. The monoisotopic (exact) mass is 385 g/mol. The Hall–Kier alpha value is -1.86. The molecule has 1 aromatic heterocycles. The van der Waals surface area contributed by atoms with Crippen LogP contribution in [0.25, 0.3) is 0 Å². The highest BCUT2D eigenvalue weighted by molar-refractivity contribution is 7.99. The number of benzene rings is 1. The van der Waals surface area contributed by atoms with Gasteiger partial charge in [-0.05, 0) is 30.9 Å². The molecule has 0 unspecified atom stereocenters. The van der Waals surface area contributed by atoms with Crippen LogP contribution < -0.4 is 0 Å². The Kier molecular flexibility index (Phi) is 5.78. The second kappa shape index (κ2) is 8.44. The molecule has 7 heteroatoms. The highest BCUT2D eigenvalue weighted by Gasteiger charge is 2.29. The van der Waals surface area contributed by atoms with Gasteiger partial charge in [-0.2, -0.15) is 11.8 Å². The Bertz CT molecular complexity index is 778. The number of likely N-dealkylation sites (tertiary alicyclic amines) is 1. The average Bonchev–Trinajstić information content (AvgIpc) is 3.18. The SMILES string of the molecule is Cc1ccccc1Cn1cc(C(=O)N2CCC(N3CCSCC3)CC2)nn1. The molecule has 0 atom stereocenters. The molecule has 2 aliphatic rings. The summed E-state index contributed by atoms with van der Waals surface area (Å²) in [6.45, 7) is 6.74. The van der Waals surface area contributed by atoms with E-state index in [-0.39, 0.29) is 5.91 Å². The molecule has 4 rings (SSSR count). The summed E-state index contributed by atoms with van der Waals surface area (Å²) in [5.74, 6) is 2.49. The topological polar surface area (TPSA) is 54.3 Å². The largest absolute Gasteiger partial charge is 0.337 e. The van der Waals surface area contributed by atoms with Crippen molar-refractivity contribution in [3.05, 3.63) is 47.3 Å². The molecule has 0 saturated carbocycles. The molecule has 6 nitrogen and oxygen atoms in total. The number of piperidine rings is 1. The van der Waals surface area contributed by atoms with Crippen LogP contribution in [0.5, 0.6) is 0 Å². The first-order valence-corrected chi connectivity index (χ1v) is 10.9. The fourth-order valence-electron chi connectivity index (χ4n) is 3.97. The van der Waals surface area contributed by atoms with Crippen LogP contribution in [0.3, 0.4) is 0 Å². The number of hydrogen-bond acceptors (Lipinski definition) is 5. The van der Waals surface area contributed by atoms with Gasteiger partial charge in [0.15, 0.2) is 5.69 Å². The minimum Gasteiger partial charge on any atom is -0.337 e. The van der Waals surface area contributed by atoms with Crippen molar-refractivity contribution in [2.45, 2.75) is 32.4 Å². The molecule has 0 N–H and O–H groups in total. The Labute approximate surface area is 164 Å². The molecular weight excluding hydrogens is 358 g/mol. The van der Waals surface area contributed by atoms with Crippen LogP contribution in [0.2, 0.25) is 0 Å². The summed E-state index contributed by atoms with van der Waals surface area (Å²) in [7, 11) is 0. The Morgan fingerprint density at radius 2 is 1.89 bits per heavy atom. The first kappa shape index (κ1) is 18.5. The van der Waals surface area contributed by atoms with Gasteiger partial charge in [-0.3, -0.25) is 9.69 Å². The van der Waals surface area contributed by atoms with Crippen molar-refractivity contribution in [1.82, 2.24) is 24.8 Å². The third-order valence-electron chi connectivity index (χ3n) is 5.67. The maximum absolute atomic E-state index is 12.8. The highest BCUT2D eigenvalue weighted by atomic mass is 32.2. The van der Waals surface area contributed by atoms with Crippen molar-refractivity contribution < 1.29 is 4.79 Å². The van der Waals surface area contributed by atoms with Crippen molar-refractivity contribution in [1.29, 1.82) is 0 Å².